The Hall–Kier alpha value is -0.770. The summed E-state index contributed by atoms with van der Waals surface area (Å²) in [5.41, 5.74) is 0. The van der Waals surface area contributed by atoms with Gasteiger partial charge in [0.15, 0.2) is 0 Å². The molecule has 4 nitrogen and oxygen atoms in total. The van der Waals surface area contributed by atoms with Crippen LogP contribution in [0.5, 0.6) is 0 Å². The van der Waals surface area contributed by atoms with Gasteiger partial charge in [-0.15, -0.1) is 0 Å². The van der Waals surface area contributed by atoms with Crippen molar-refractivity contribution in [3.8, 4) is 0 Å². The van der Waals surface area contributed by atoms with Gasteiger partial charge in [0.2, 0.25) is 0 Å². The van der Waals surface area contributed by atoms with Crippen LogP contribution in [0.2, 0.25) is 0 Å². The summed E-state index contributed by atoms with van der Waals surface area (Å²) < 4.78 is 5.53. The molecular formula is C14H26N2O2. The number of amides is 1. The Balaban J connectivity index is 1.69. The first-order valence-corrected chi connectivity index (χ1v) is 7.47. The molecule has 2 fully saturated rings. The number of nitrogens with one attached hydrogen (secondary N) is 1. The van der Waals surface area contributed by atoms with Gasteiger partial charge < -0.3 is 10.1 Å². The van der Waals surface area contributed by atoms with Crippen molar-refractivity contribution < 1.29 is 9.53 Å². The maximum absolute atomic E-state index is 11.8. The van der Waals surface area contributed by atoms with E-state index in [1.54, 1.807) is 0 Å². The highest BCUT2D eigenvalue weighted by Gasteiger charge is 2.23. The molecule has 0 aromatic rings. The van der Waals surface area contributed by atoms with Crippen molar-refractivity contribution in [2.24, 2.45) is 0 Å². The van der Waals surface area contributed by atoms with Gasteiger partial charge in [-0.3, -0.25) is 4.90 Å². The molecule has 0 spiro atoms. The van der Waals surface area contributed by atoms with Crippen molar-refractivity contribution in [2.45, 2.75) is 64.0 Å². The van der Waals surface area contributed by atoms with Crippen LogP contribution in [0.1, 0.15) is 51.9 Å². The number of ether oxygens (including phenoxy) is 1. The van der Waals surface area contributed by atoms with Crippen LogP contribution in [-0.2, 0) is 4.74 Å². The normalized spacial score (nSPS) is 26.8. The van der Waals surface area contributed by atoms with Gasteiger partial charge in [0, 0.05) is 12.6 Å². The van der Waals surface area contributed by atoms with Crippen LogP contribution in [0.3, 0.4) is 0 Å². The standard InChI is InChI=1S/C14H26N2O2/c1-2-16-10-6-9-13(11-16)18-14(17)15-12-7-4-3-5-8-12/h12-13H,2-11H2,1H3,(H,15,17)/t13-/m0/s1. The molecule has 4 heteroatoms. The summed E-state index contributed by atoms with van der Waals surface area (Å²) in [5, 5.41) is 3.02. The highest BCUT2D eigenvalue weighted by molar-refractivity contribution is 5.67. The lowest BCUT2D eigenvalue weighted by Gasteiger charge is -2.32. The topological polar surface area (TPSA) is 41.6 Å². The predicted octanol–water partition coefficient (Wildman–Crippen LogP) is 2.53. The second-order valence-corrected chi connectivity index (χ2v) is 5.54. The molecule has 0 aromatic heterocycles. The molecular weight excluding hydrogens is 228 g/mol. The quantitative estimate of drug-likeness (QED) is 0.841. The summed E-state index contributed by atoms with van der Waals surface area (Å²) in [4.78, 5) is 14.2. The predicted molar refractivity (Wildman–Crippen MR) is 71.6 cm³/mol. The van der Waals surface area contributed by atoms with Gasteiger partial charge in [0.05, 0.1) is 0 Å². The van der Waals surface area contributed by atoms with Crippen LogP contribution in [-0.4, -0.2) is 42.8 Å². The third kappa shape index (κ3) is 4.16. The molecule has 1 N–H and O–H groups in total. The number of piperidine rings is 1. The third-order valence-electron chi connectivity index (χ3n) is 4.11. The van der Waals surface area contributed by atoms with Crippen LogP contribution in [0.25, 0.3) is 0 Å². The average Bonchev–Trinajstić information content (AvgIpc) is 2.40. The molecule has 1 heterocycles. The number of carbonyl (C=O) groups is 1. The van der Waals surface area contributed by atoms with Crippen LogP contribution < -0.4 is 5.32 Å². The van der Waals surface area contributed by atoms with Crippen molar-refractivity contribution in [1.29, 1.82) is 0 Å². The van der Waals surface area contributed by atoms with Crippen LogP contribution >= 0.6 is 0 Å². The van der Waals surface area contributed by atoms with Gasteiger partial charge >= 0.3 is 6.09 Å². The van der Waals surface area contributed by atoms with Gasteiger partial charge in [-0.2, -0.15) is 0 Å². The van der Waals surface area contributed by atoms with Crippen molar-refractivity contribution in [3.05, 3.63) is 0 Å². The molecule has 0 unspecified atom stereocenters. The number of likely N-dealkylation sites (tertiary alicyclic amines) is 1. The minimum atomic E-state index is -0.204. The highest BCUT2D eigenvalue weighted by Crippen LogP contribution is 2.18. The smallest absolute Gasteiger partial charge is 0.407 e. The number of rotatable bonds is 3. The van der Waals surface area contributed by atoms with Crippen LogP contribution in [0.15, 0.2) is 0 Å². The SMILES string of the molecule is CCN1CCC[C@H](OC(=O)NC2CCCCC2)C1. The molecule has 1 saturated heterocycles. The summed E-state index contributed by atoms with van der Waals surface area (Å²) in [7, 11) is 0. The first-order valence-electron chi connectivity index (χ1n) is 7.47. The lowest BCUT2D eigenvalue weighted by Crippen LogP contribution is -2.44. The number of likely N-dealkylation sites (N-methyl/N-ethyl adjacent to an activating group) is 1. The van der Waals surface area contributed by atoms with Crippen molar-refractivity contribution in [2.75, 3.05) is 19.6 Å². The minimum absolute atomic E-state index is 0.0855. The first kappa shape index (κ1) is 13.7. The van der Waals surface area contributed by atoms with E-state index in [9.17, 15) is 4.79 Å². The molecule has 2 rings (SSSR count). The fourth-order valence-electron chi connectivity index (χ4n) is 3.00. The van der Waals surface area contributed by atoms with Crippen molar-refractivity contribution >= 4 is 6.09 Å². The van der Waals surface area contributed by atoms with Gasteiger partial charge in [-0.25, -0.2) is 4.79 Å². The maximum Gasteiger partial charge on any atom is 0.407 e. The zero-order valence-corrected chi connectivity index (χ0v) is 11.5. The van der Waals surface area contributed by atoms with Gasteiger partial charge in [0.1, 0.15) is 6.10 Å². The Bertz CT molecular complexity index is 265. The second kappa shape index (κ2) is 6.98. The monoisotopic (exact) mass is 254 g/mol. The van der Waals surface area contributed by atoms with Crippen LogP contribution in [0, 0.1) is 0 Å². The molecule has 104 valence electrons. The van der Waals surface area contributed by atoms with Gasteiger partial charge in [0.25, 0.3) is 0 Å². The molecule has 1 saturated carbocycles. The number of hydrogen-bond acceptors (Lipinski definition) is 3. The first-order chi connectivity index (χ1) is 8.78. The van der Waals surface area contributed by atoms with Crippen LogP contribution in [0.4, 0.5) is 4.79 Å². The molecule has 18 heavy (non-hydrogen) atoms. The minimum Gasteiger partial charge on any atom is -0.445 e. The average molecular weight is 254 g/mol. The van der Waals surface area contributed by atoms with E-state index in [0.29, 0.717) is 6.04 Å². The van der Waals surface area contributed by atoms with E-state index in [2.05, 4.69) is 17.1 Å². The lowest BCUT2D eigenvalue weighted by atomic mass is 9.96. The maximum atomic E-state index is 11.8. The summed E-state index contributed by atoms with van der Waals surface area (Å²) in [5.74, 6) is 0. The zero-order valence-electron chi connectivity index (χ0n) is 11.5. The molecule has 2 aliphatic rings. The molecule has 1 aliphatic heterocycles. The third-order valence-corrected chi connectivity index (χ3v) is 4.11. The number of alkyl carbamates (subject to hydrolysis) is 1. The van der Waals surface area contributed by atoms with E-state index in [1.807, 2.05) is 0 Å². The van der Waals surface area contributed by atoms with E-state index in [1.165, 1.54) is 19.3 Å². The Morgan fingerprint density at radius 3 is 2.72 bits per heavy atom. The molecule has 0 bridgehead atoms. The lowest BCUT2D eigenvalue weighted by molar-refractivity contribution is 0.0417. The number of nitrogens with zero attached hydrogens (tertiary/aromatic N) is 1. The van der Waals surface area contributed by atoms with E-state index in [-0.39, 0.29) is 12.2 Å². The summed E-state index contributed by atoms with van der Waals surface area (Å²) in [6.07, 6.45) is 8.02. The van der Waals surface area contributed by atoms with Gasteiger partial charge in [-0.05, 0) is 38.8 Å². The van der Waals surface area contributed by atoms with Crippen molar-refractivity contribution in [3.63, 3.8) is 0 Å². The highest BCUT2D eigenvalue weighted by atomic mass is 16.6. The Morgan fingerprint density at radius 1 is 1.22 bits per heavy atom. The van der Waals surface area contributed by atoms with Gasteiger partial charge in [-0.1, -0.05) is 26.2 Å². The number of hydrogen-bond donors (Lipinski definition) is 1. The summed E-state index contributed by atoms with van der Waals surface area (Å²) >= 11 is 0. The van der Waals surface area contributed by atoms with E-state index in [4.69, 9.17) is 4.74 Å². The Morgan fingerprint density at radius 2 is 2.00 bits per heavy atom. The molecule has 0 radical (unpaired) electrons. The summed E-state index contributed by atoms with van der Waals surface area (Å²) in [6, 6.07) is 0.345. The molecule has 1 aliphatic carbocycles. The molecule has 0 aromatic carbocycles. The second-order valence-electron chi connectivity index (χ2n) is 5.54. The molecule has 1 amide bonds. The Labute approximate surface area is 110 Å². The summed E-state index contributed by atoms with van der Waals surface area (Å²) in [6.45, 7) is 5.24. The zero-order chi connectivity index (χ0) is 12.8. The fourth-order valence-corrected chi connectivity index (χ4v) is 3.00. The van der Waals surface area contributed by atoms with E-state index in [0.717, 1.165) is 45.3 Å². The fraction of sp³-hybridized carbons (Fsp3) is 0.929. The van der Waals surface area contributed by atoms with E-state index >= 15 is 0 Å². The Kier molecular flexibility index (Phi) is 5.29. The number of carbonyl (C=O) groups excluding carboxylic acids is 1. The largest absolute Gasteiger partial charge is 0.445 e. The molecule has 1 atom stereocenters. The van der Waals surface area contributed by atoms with Crippen molar-refractivity contribution in [1.82, 2.24) is 10.2 Å². The van der Waals surface area contributed by atoms with E-state index < -0.39 is 0 Å².